The van der Waals surface area contributed by atoms with Gasteiger partial charge in [0.15, 0.2) is 0 Å². The molecule has 0 saturated heterocycles. The molecule has 0 amide bonds. The first-order chi connectivity index (χ1) is 6.60. The molecule has 1 N–H and O–H groups in total. The number of hydrogen-bond donors (Lipinski definition) is 1. The first-order valence-electron chi connectivity index (χ1n) is 5.92. The topological polar surface area (TPSA) is 21.3 Å². The fraction of sp³-hybridized carbons (Fsp3) is 1.00. The Balaban J connectivity index is 2.13. The zero-order valence-electron chi connectivity index (χ0n) is 10.1. The van der Waals surface area contributed by atoms with E-state index in [0.29, 0.717) is 11.5 Å². The maximum Gasteiger partial charge on any atom is 0.0616 e. The van der Waals surface area contributed by atoms with E-state index in [1.54, 1.807) is 0 Å². The van der Waals surface area contributed by atoms with Gasteiger partial charge in [-0.15, -0.1) is 0 Å². The zero-order chi connectivity index (χ0) is 10.6. The van der Waals surface area contributed by atoms with E-state index in [1.807, 2.05) is 6.92 Å². The quantitative estimate of drug-likeness (QED) is 0.680. The Hall–Kier alpha value is -0.0800. The highest BCUT2D eigenvalue weighted by Gasteiger charge is 2.44. The van der Waals surface area contributed by atoms with Crippen molar-refractivity contribution >= 4 is 0 Å². The van der Waals surface area contributed by atoms with Gasteiger partial charge in [-0.2, -0.15) is 0 Å². The molecule has 0 aromatic rings. The molecule has 0 spiro atoms. The van der Waals surface area contributed by atoms with Crippen LogP contribution in [0.4, 0.5) is 0 Å². The van der Waals surface area contributed by atoms with Crippen LogP contribution in [0.15, 0.2) is 0 Å². The molecule has 0 aromatic heterocycles. The standard InChI is InChI=1S/C12H25NO/c1-5-14-8-11(4)13-9-12(6-7-12)10(2)3/h10-11,13H,5-9H2,1-4H3. The lowest BCUT2D eigenvalue weighted by atomic mass is 9.92. The highest BCUT2D eigenvalue weighted by molar-refractivity contribution is 4.97. The Morgan fingerprint density at radius 3 is 2.36 bits per heavy atom. The molecular weight excluding hydrogens is 174 g/mol. The predicted octanol–water partition coefficient (Wildman–Crippen LogP) is 2.44. The molecule has 1 aliphatic carbocycles. The Morgan fingerprint density at radius 2 is 1.93 bits per heavy atom. The molecule has 2 nitrogen and oxygen atoms in total. The Kier molecular flexibility index (Phi) is 4.39. The van der Waals surface area contributed by atoms with E-state index < -0.39 is 0 Å². The lowest BCUT2D eigenvalue weighted by molar-refractivity contribution is 0.124. The molecule has 0 radical (unpaired) electrons. The highest BCUT2D eigenvalue weighted by Crippen LogP contribution is 2.51. The van der Waals surface area contributed by atoms with Crippen LogP contribution in [-0.2, 0) is 4.74 Å². The minimum absolute atomic E-state index is 0.492. The van der Waals surface area contributed by atoms with Gasteiger partial charge in [0.1, 0.15) is 0 Å². The molecule has 14 heavy (non-hydrogen) atoms. The van der Waals surface area contributed by atoms with Gasteiger partial charge in [-0.25, -0.2) is 0 Å². The summed E-state index contributed by atoms with van der Waals surface area (Å²) in [6.07, 6.45) is 2.80. The maximum absolute atomic E-state index is 5.38. The van der Waals surface area contributed by atoms with E-state index in [9.17, 15) is 0 Å². The molecule has 1 rings (SSSR count). The third-order valence-electron chi connectivity index (χ3n) is 3.49. The molecule has 2 heteroatoms. The van der Waals surface area contributed by atoms with Crippen molar-refractivity contribution in [3.63, 3.8) is 0 Å². The van der Waals surface area contributed by atoms with Crippen LogP contribution in [0, 0.1) is 11.3 Å². The van der Waals surface area contributed by atoms with Crippen molar-refractivity contribution in [2.24, 2.45) is 11.3 Å². The van der Waals surface area contributed by atoms with Crippen molar-refractivity contribution < 1.29 is 4.74 Å². The third-order valence-corrected chi connectivity index (χ3v) is 3.49. The van der Waals surface area contributed by atoms with Crippen molar-refractivity contribution in [1.82, 2.24) is 5.32 Å². The van der Waals surface area contributed by atoms with Gasteiger partial charge in [0.2, 0.25) is 0 Å². The molecule has 0 bridgehead atoms. The second kappa shape index (κ2) is 5.13. The fourth-order valence-electron chi connectivity index (χ4n) is 1.85. The zero-order valence-corrected chi connectivity index (χ0v) is 10.1. The molecule has 1 saturated carbocycles. The Bertz CT molecular complexity index is 164. The van der Waals surface area contributed by atoms with Gasteiger partial charge in [0.25, 0.3) is 0 Å². The summed E-state index contributed by atoms with van der Waals surface area (Å²) >= 11 is 0. The molecule has 1 atom stereocenters. The fourth-order valence-corrected chi connectivity index (χ4v) is 1.85. The predicted molar refractivity (Wildman–Crippen MR) is 60.5 cm³/mol. The van der Waals surface area contributed by atoms with Gasteiger partial charge in [-0.05, 0) is 38.0 Å². The van der Waals surface area contributed by atoms with Crippen molar-refractivity contribution in [2.75, 3.05) is 19.8 Å². The summed E-state index contributed by atoms with van der Waals surface area (Å²) in [6, 6.07) is 0.492. The normalized spacial score (nSPS) is 21.2. The summed E-state index contributed by atoms with van der Waals surface area (Å²) in [5.74, 6) is 0.814. The number of hydrogen-bond acceptors (Lipinski definition) is 2. The maximum atomic E-state index is 5.38. The minimum Gasteiger partial charge on any atom is -0.380 e. The molecule has 0 heterocycles. The lowest BCUT2D eigenvalue weighted by Crippen LogP contribution is -2.36. The first-order valence-corrected chi connectivity index (χ1v) is 5.92. The number of rotatable bonds is 7. The number of nitrogens with one attached hydrogen (secondary N) is 1. The average Bonchev–Trinajstić information content (AvgIpc) is 2.92. The SMILES string of the molecule is CCOCC(C)NCC1(C(C)C)CC1. The molecule has 1 fully saturated rings. The van der Waals surface area contributed by atoms with Gasteiger partial charge >= 0.3 is 0 Å². The molecule has 0 aromatic carbocycles. The summed E-state index contributed by atoms with van der Waals surface area (Å²) < 4.78 is 5.38. The van der Waals surface area contributed by atoms with Gasteiger partial charge in [-0.3, -0.25) is 0 Å². The van der Waals surface area contributed by atoms with Crippen LogP contribution in [0.2, 0.25) is 0 Å². The van der Waals surface area contributed by atoms with Gasteiger partial charge < -0.3 is 10.1 Å². The molecule has 1 unspecified atom stereocenters. The van der Waals surface area contributed by atoms with Crippen LogP contribution >= 0.6 is 0 Å². The molecule has 1 aliphatic rings. The van der Waals surface area contributed by atoms with E-state index in [0.717, 1.165) is 19.1 Å². The Labute approximate surface area is 88.4 Å². The lowest BCUT2D eigenvalue weighted by Gasteiger charge is -2.23. The first kappa shape index (κ1) is 12.0. The van der Waals surface area contributed by atoms with Crippen LogP contribution in [0.1, 0.15) is 40.5 Å². The van der Waals surface area contributed by atoms with E-state index >= 15 is 0 Å². The van der Waals surface area contributed by atoms with Crippen LogP contribution in [0.25, 0.3) is 0 Å². The van der Waals surface area contributed by atoms with E-state index in [2.05, 4.69) is 26.1 Å². The van der Waals surface area contributed by atoms with E-state index in [1.165, 1.54) is 19.4 Å². The van der Waals surface area contributed by atoms with Crippen molar-refractivity contribution in [3.05, 3.63) is 0 Å². The second-order valence-corrected chi connectivity index (χ2v) is 4.96. The smallest absolute Gasteiger partial charge is 0.0616 e. The highest BCUT2D eigenvalue weighted by atomic mass is 16.5. The summed E-state index contributed by atoms with van der Waals surface area (Å²) in [7, 11) is 0. The minimum atomic E-state index is 0.492. The summed E-state index contributed by atoms with van der Waals surface area (Å²) in [6.45, 7) is 11.7. The van der Waals surface area contributed by atoms with Crippen LogP contribution in [0.3, 0.4) is 0 Å². The summed E-state index contributed by atoms with van der Waals surface area (Å²) in [5, 5.41) is 3.58. The van der Waals surface area contributed by atoms with Gasteiger partial charge in [0.05, 0.1) is 6.61 Å². The average molecular weight is 199 g/mol. The van der Waals surface area contributed by atoms with Gasteiger partial charge in [0, 0.05) is 19.2 Å². The second-order valence-electron chi connectivity index (χ2n) is 4.96. The summed E-state index contributed by atoms with van der Waals surface area (Å²) in [5.41, 5.74) is 0.612. The van der Waals surface area contributed by atoms with E-state index in [-0.39, 0.29) is 0 Å². The van der Waals surface area contributed by atoms with Gasteiger partial charge in [-0.1, -0.05) is 13.8 Å². The number of ether oxygens (including phenoxy) is 1. The molecule has 0 aliphatic heterocycles. The van der Waals surface area contributed by atoms with Crippen molar-refractivity contribution in [3.8, 4) is 0 Å². The van der Waals surface area contributed by atoms with Crippen LogP contribution in [-0.4, -0.2) is 25.8 Å². The van der Waals surface area contributed by atoms with Crippen LogP contribution in [0.5, 0.6) is 0 Å². The molecular formula is C12H25NO. The monoisotopic (exact) mass is 199 g/mol. The largest absolute Gasteiger partial charge is 0.380 e. The molecule has 84 valence electrons. The van der Waals surface area contributed by atoms with E-state index in [4.69, 9.17) is 4.74 Å². The van der Waals surface area contributed by atoms with Crippen LogP contribution < -0.4 is 5.32 Å². The van der Waals surface area contributed by atoms with Crippen molar-refractivity contribution in [1.29, 1.82) is 0 Å². The van der Waals surface area contributed by atoms with Crippen molar-refractivity contribution in [2.45, 2.75) is 46.6 Å². The summed E-state index contributed by atoms with van der Waals surface area (Å²) in [4.78, 5) is 0. The Morgan fingerprint density at radius 1 is 1.29 bits per heavy atom. The third kappa shape index (κ3) is 3.25.